The molecule has 0 radical (unpaired) electrons. The molecule has 0 spiro atoms. The number of unbranched alkanes of at least 4 members (excludes halogenated alkanes) is 1. The van der Waals surface area contributed by atoms with Gasteiger partial charge in [-0.25, -0.2) is 0 Å². The Kier molecular flexibility index (Phi) is 7.20. The molecule has 0 bridgehead atoms. The third kappa shape index (κ3) is 5.53. The van der Waals surface area contributed by atoms with Gasteiger partial charge < -0.3 is 15.3 Å². The molecule has 1 aromatic rings. The molecule has 0 unspecified atom stereocenters. The molecule has 3 rings (SSSR count). The van der Waals surface area contributed by atoms with Gasteiger partial charge in [0.15, 0.2) is 0 Å². The second kappa shape index (κ2) is 9.51. The van der Waals surface area contributed by atoms with Crippen molar-refractivity contribution in [1.82, 2.24) is 5.32 Å². The molecule has 0 aromatic heterocycles. The van der Waals surface area contributed by atoms with E-state index in [0.717, 1.165) is 42.6 Å². The summed E-state index contributed by atoms with van der Waals surface area (Å²) in [5.41, 5.74) is 2.17. The van der Waals surface area contributed by atoms with Crippen LogP contribution in [0.15, 0.2) is 29.3 Å². The second-order valence-electron chi connectivity index (χ2n) is 10.0. The molecular weight excluding hydrogens is 390 g/mol. The minimum Gasteiger partial charge on any atom is -0.392 e. The second-order valence-corrected chi connectivity index (χ2v) is 10.0. The fraction of sp³-hybridized carbons (Fsp3) is 0.640. The zero-order valence-electron chi connectivity index (χ0n) is 19.5. The van der Waals surface area contributed by atoms with Crippen molar-refractivity contribution in [3.63, 3.8) is 0 Å². The van der Waals surface area contributed by atoms with Crippen LogP contribution in [0.4, 0.5) is 5.69 Å². The van der Waals surface area contributed by atoms with Gasteiger partial charge in [0.25, 0.3) is 5.91 Å². The van der Waals surface area contributed by atoms with Gasteiger partial charge in [-0.05, 0) is 24.8 Å². The number of para-hydroxylation sites is 1. The standard InChI is InChI=1S/C25H37N3O3/c1-6-7-12-20(29)18(15-16-13-14-16)23(30)27-22-24(31)28(5)19-11-9-8-10-17(19)21(26-22)25(2,3)4/h8-11,16,18,20,22,29H,6-7,12-15H2,1-5H3,(H,27,30)/t18-,20+,22-/m1/s1. The average Bonchev–Trinajstić information content (AvgIpc) is 3.55. The molecule has 1 aliphatic heterocycles. The van der Waals surface area contributed by atoms with Crippen molar-refractivity contribution in [1.29, 1.82) is 0 Å². The van der Waals surface area contributed by atoms with Gasteiger partial charge in [-0.1, -0.05) is 71.6 Å². The van der Waals surface area contributed by atoms with Gasteiger partial charge >= 0.3 is 0 Å². The fourth-order valence-electron chi connectivity index (χ4n) is 4.22. The van der Waals surface area contributed by atoms with Crippen molar-refractivity contribution in [2.75, 3.05) is 11.9 Å². The van der Waals surface area contributed by atoms with Crippen LogP contribution in [-0.2, 0) is 9.59 Å². The number of carbonyl (C=O) groups excluding carboxylic acids is 2. The number of carbonyl (C=O) groups is 2. The van der Waals surface area contributed by atoms with E-state index in [1.165, 1.54) is 0 Å². The van der Waals surface area contributed by atoms with Crippen molar-refractivity contribution >= 4 is 23.2 Å². The third-order valence-corrected chi connectivity index (χ3v) is 6.27. The summed E-state index contributed by atoms with van der Waals surface area (Å²) in [7, 11) is 1.72. The first-order valence-electron chi connectivity index (χ1n) is 11.6. The molecule has 1 aromatic carbocycles. The van der Waals surface area contributed by atoms with Crippen molar-refractivity contribution < 1.29 is 14.7 Å². The van der Waals surface area contributed by atoms with Crippen molar-refractivity contribution in [3.8, 4) is 0 Å². The summed E-state index contributed by atoms with van der Waals surface area (Å²) in [4.78, 5) is 32.9. The van der Waals surface area contributed by atoms with Gasteiger partial charge in [-0.2, -0.15) is 0 Å². The minimum absolute atomic E-state index is 0.270. The summed E-state index contributed by atoms with van der Waals surface area (Å²) in [6.07, 6.45) is 3.64. The summed E-state index contributed by atoms with van der Waals surface area (Å²) >= 11 is 0. The molecule has 2 aliphatic rings. The predicted octanol–water partition coefficient (Wildman–Crippen LogP) is 3.91. The van der Waals surface area contributed by atoms with Crippen LogP contribution >= 0.6 is 0 Å². The van der Waals surface area contributed by atoms with Gasteiger partial charge in [0, 0.05) is 18.0 Å². The highest BCUT2D eigenvalue weighted by Crippen LogP contribution is 2.37. The first-order chi connectivity index (χ1) is 14.6. The minimum atomic E-state index is -1.00. The van der Waals surface area contributed by atoms with Gasteiger partial charge in [0.2, 0.25) is 12.1 Å². The van der Waals surface area contributed by atoms with Crippen molar-refractivity contribution in [3.05, 3.63) is 29.8 Å². The Morgan fingerprint density at radius 3 is 2.58 bits per heavy atom. The number of aliphatic hydroxyl groups is 1. The molecule has 31 heavy (non-hydrogen) atoms. The van der Waals surface area contributed by atoms with Crippen LogP contribution in [0, 0.1) is 17.3 Å². The SMILES string of the molecule is CCCC[C@H](O)[C@@H](CC1CC1)C(=O)N[C@H]1N=C(C(C)(C)C)c2ccccc2N(C)C1=O. The van der Waals surface area contributed by atoms with E-state index < -0.39 is 18.2 Å². The Hall–Kier alpha value is -2.21. The molecule has 6 heteroatoms. The number of fused-ring (bicyclic) bond motifs is 1. The van der Waals surface area contributed by atoms with Crippen LogP contribution in [0.2, 0.25) is 0 Å². The lowest BCUT2D eigenvalue weighted by atomic mass is 9.85. The quantitative estimate of drug-likeness (QED) is 0.660. The lowest BCUT2D eigenvalue weighted by molar-refractivity contribution is -0.133. The van der Waals surface area contributed by atoms with E-state index in [1.807, 2.05) is 24.3 Å². The molecule has 1 saturated carbocycles. The van der Waals surface area contributed by atoms with Crippen molar-refractivity contribution in [2.24, 2.45) is 22.2 Å². The Balaban J connectivity index is 1.89. The largest absolute Gasteiger partial charge is 0.392 e. The van der Waals surface area contributed by atoms with Crippen LogP contribution in [0.25, 0.3) is 0 Å². The number of nitrogens with one attached hydrogen (secondary N) is 1. The maximum Gasteiger partial charge on any atom is 0.272 e. The van der Waals surface area contributed by atoms with Crippen LogP contribution in [0.1, 0.15) is 71.8 Å². The highest BCUT2D eigenvalue weighted by atomic mass is 16.3. The van der Waals surface area contributed by atoms with E-state index in [1.54, 1.807) is 11.9 Å². The molecule has 1 aliphatic carbocycles. The number of likely N-dealkylation sites (N-methyl/N-ethyl adjacent to an activating group) is 1. The predicted molar refractivity (Wildman–Crippen MR) is 124 cm³/mol. The molecule has 3 atom stereocenters. The lowest BCUT2D eigenvalue weighted by Crippen LogP contribution is -2.49. The topological polar surface area (TPSA) is 82.0 Å². The summed E-state index contributed by atoms with van der Waals surface area (Å²) in [6.45, 7) is 8.24. The smallest absolute Gasteiger partial charge is 0.272 e. The summed E-state index contributed by atoms with van der Waals surface area (Å²) in [5, 5.41) is 13.6. The van der Waals surface area contributed by atoms with Gasteiger partial charge in [-0.3, -0.25) is 14.6 Å². The molecule has 1 fully saturated rings. The number of amides is 2. The zero-order valence-corrected chi connectivity index (χ0v) is 19.5. The number of nitrogens with zero attached hydrogens (tertiary/aromatic N) is 2. The van der Waals surface area contributed by atoms with Crippen LogP contribution in [0.5, 0.6) is 0 Å². The maximum absolute atomic E-state index is 13.3. The molecular formula is C25H37N3O3. The van der Waals surface area contributed by atoms with Gasteiger partial charge in [0.1, 0.15) is 0 Å². The van der Waals surface area contributed by atoms with Crippen LogP contribution < -0.4 is 10.2 Å². The Bertz CT molecular complexity index is 839. The van der Waals surface area contributed by atoms with Crippen molar-refractivity contribution in [2.45, 2.75) is 78.5 Å². The third-order valence-electron chi connectivity index (χ3n) is 6.27. The number of anilines is 1. The van der Waals surface area contributed by atoms with E-state index >= 15 is 0 Å². The zero-order chi connectivity index (χ0) is 22.8. The first-order valence-corrected chi connectivity index (χ1v) is 11.6. The van der Waals surface area contributed by atoms with E-state index in [9.17, 15) is 14.7 Å². The number of aliphatic imine (C=N–C) groups is 1. The Labute approximate surface area is 186 Å². The maximum atomic E-state index is 13.3. The normalized spacial score (nSPS) is 21.1. The number of benzene rings is 1. The Morgan fingerprint density at radius 2 is 1.97 bits per heavy atom. The molecule has 1 heterocycles. The molecule has 2 N–H and O–H groups in total. The number of benzodiazepines with no additional fused rings is 1. The van der Waals surface area contributed by atoms with Crippen LogP contribution in [0.3, 0.4) is 0 Å². The monoisotopic (exact) mass is 427 g/mol. The lowest BCUT2D eigenvalue weighted by Gasteiger charge is -2.26. The molecule has 2 amide bonds. The summed E-state index contributed by atoms with van der Waals surface area (Å²) < 4.78 is 0. The number of hydrogen-bond acceptors (Lipinski definition) is 4. The summed E-state index contributed by atoms with van der Waals surface area (Å²) in [5.74, 6) is -0.549. The number of aliphatic hydroxyl groups excluding tert-OH is 1. The number of hydrogen-bond donors (Lipinski definition) is 2. The van der Waals surface area contributed by atoms with Gasteiger partial charge in [-0.15, -0.1) is 0 Å². The van der Waals surface area contributed by atoms with E-state index in [-0.39, 0.29) is 17.2 Å². The van der Waals surface area contributed by atoms with E-state index in [0.29, 0.717) is 18.8 Å². The summed E-state index contributed by atoms with van der Waals surface area (Å²) in [6, 6.07) is 7.71. The molecule has 6 nitrogen and oxygen atoms in total. The first kappa shape index (κ1) is 23.5. The number of rotatable bonds is 8. The molecule has 0 saturated heterocycles. The van der Waals surface area contributed by atoms with Gasteiger partial charge in [0.05, 0.1) is 23.4 Å². The van der Waals surface area contributed by atoms with Crippen LogP contribution in [-0.4, -0.2) is 41.9 Å². The van der Waals surface area contributed by atoms with E-state index in [2.05, 4.69) is 33.0 Å². The highest BCUT2D eigenvalue weighted by molar-refractivity contribution is 6.14. The average molecular weight is 428 g/mol. The molecule has 170 valence electrons. The Morgan fingerprint density at radius 1 is 1.29 bits per heavy atom. The highest BCUT2D eigenvalue weighted by Gasteiger charge is 2.38. The van der Waals surface area contributed by atoms with E-state index in [4.69, 9.17) is 4.99 Å². The fourth-order valence-corrected chi connectivity index (χ4v) is 4.22.